The van der Waals surface area contributed by atoms with Crippen LogP contribution in [0.3, 0.4) is 0 Å². The average molecular weight is 217 g/mol. The SMILES string of the molecule is N#Cc1nn(C2CCCC2)c2c1COCC2. The van der Waals surface area contributed by atoms with Gasteiger partial charge in [-0.25, -0.2) is 0 Å². The first-order valence-corrected chi connectivity index (χ1v) is 5.98. The Morgan fingerprint density at radius 3 is 2.94 bits per heavy atom. The lowest BCUT2D eigenvalue weighted by molar-refractivity contribution is 0.108. The zero-order valence-electron chi connectivity index (χ0n) is 9.28. The normalized spacial score (nSPS) is 20.7. The van der Waals surface area contributed by atoms with E-state index in [1.54, 1.807) is 0 Å². The maximum Gasteiger partial charge on any atom is 0.168 e. The summed E-state index contributed by atoms with van der Waals surface area (Å²) in [5, 5.41) is 13.5. The van der Waals surface area contributed by atoms with E-state index in [0.29, 0.717) is 18.3 Å². The molecule has 0 unspecified atom stereocenters. The predicted octanol–water partition coefficient (Wildman–Crippen LogP) is 1.94. The Labute approximate surface area is 94.8 Å². The second kappa shape index (κ2) is 3.91. The lowest BCUT2D eigenvalue weighted by atomic mass is 10.1. The molecule has 1 fully saturated rings. The number of hydrogen-bond acceptors (Lipinski definition) is 3. The summed E-state index contributed by atoms with van der Waals surface area (Å²) < 4.78 is 7.52. The van der Waals surface area contributed by atoms with Crippen molar-refractivity contribution in [1.29, 1.82) is 5.26 Å². The Morgan fingerprint density at radius 1 is 1.38 bits per heavy atom. The molecule has 0 atom stereocenters. The molecule has 0 saturated heterocycles. The molecule has 0 spiro atoms. The van der Waals surface area contributed by atoms with Gasteiger partial charge in [0.15, 0.2) is 5.69 Å². The first-order chi connectivity index (χ1) is 7.90. The van der Waals surface area contributed by atoms with E-state index in [9.17, 15) is 0 Å². The van der Waals surface area contributed by atoms with Crippen LogP contribution >= 0.6 is 0 Å². The molecular formula is C12H15N3O. The van der Waals surface area contributed by atoms with E-state index in [2.05, 4.69) is 15.8 Å². The summed E-state index contributed by atoms with van der Waals surface area (Å²) in [6, 6.07) is 2.71. The van der Waals surface area contributed by atoms with Crippen LogP contribution in [0.2, 0.25) is 0 Å². The van der Waals surface area contributed by atoms with Crippen LogP contribution in [-0.4, -0.2) is 16.4 Å². The lowest BCUT2D eigenvalue weighted by Crippen LogP contribution is -2.16. The highest BCUT2D eigenvalue weighted by molar-refractivity contribution is 5.36. The van der Waals surface area contributed by atoms with Crippen molar-refractivity contribution >= 4 is 0 Å². The van der Waals surface area contributed by atoms with Crippen molar-refractivity contribution in [3.8, 4) is 6.07 Å². The molecule has 84 valence electrons. The molecule has 4 heteroatoms. The van der Waals surface area contributed by atoms with Gasteiger partial charge in [-0.15, -0.1) is 0 Å². The minimum Gasteiger partial charge on any atom is -0.376 e. The summed E-state index contributed by atoms with van der Waals surface area (Å²) in [6.45, 7) is 1.32. The van der Waals surface area contributed by atoms with Crippen LogP contribution in [-0.2, 0) is 17.8 Å². The third-order valence-corrected chi connectivity index (χ3v) is 3.62. The van der Waals surface area contributed by atoms with Gasteiger partial charge in [0, 0.05) is 17.7 Å². The van der Waals surface area contributed by atoms with E-state index in [-0.39, 0.29) is 0 Å². The van der Waals surface area contributed by atoms with E-state index in [4.69, 9.17) is 10.00 Å². The van der Waals surface area contributed by atoms with Crippen LogP contribution < -0.4 is 0 Å². The Balaban J connectivity index is 2.04. The highest BCUT2D eigenvalue weighted by Crippen LogP contribution is 2.32. The summed E-state index contributed by atoms with van der Waals surface area (Å²) in [6.07, 6.45) is 5.90. The van der Waals surface area contributed by atoms with E-state index >= 15 is 0 Å². The summed E-state index contributed by atoms with van der Waals surface area (Å²) in [7, 11) is 0. The number of hydrogen-bond donors (Lipinski definition) is 0. The third-order valence-electron chi connectivity index (χ3n) is 3.62. The van der Waals surface area contributed by atoms with E-state index < -0.39 is 0 Å². The van der Waals surface area contributed by atoms with Crippen molar-refractivity contribution in [3.63, 3.8) is 0 Å². The van der Waals surface area contributed by atoms with Crippen LogP contribution in [0.1, 0.15) is 48.7 Å². The third kappa shape index (κ3) is 1.43. The zero-order valence-corrected chi connectivity index (χ0v) is 9.28. The molecule has 0 N–H and O–H groups in total. The molecule has 16 heavy (non-hydrogen) atoms. The molecule has 2 aliphatic rings. The lowest BCUT2D eigenvalue weighted by Gasteiger charge is -2.18. The number of rotatable bonds is 1. The van der Waals surface area contributed by atoms with Crippen molar-refractivity contribution < 1.29 is 4.74 Å². The van der Waals surface area contributed by atoms with E-state index in [1.807, 2.05) is 0 Å². The fraction of sp³-hybridized carbons (Fsp3) is 0.667. The Morgan fingerprint density at radius 2 is 2.19 bits per heavy atom. The first kappa shape index (κ1) is 9.86. The molecule has 0 radical (unpaired) electrons. The van der Waals surface area contributed by atoms with Crippen LogP contribution in [0, 0.1) is 11.3 Å². The van der Waals surface area contributed by atoms with Crippen molar-refractivity contribution in [2.24, 2.45) is 0 Å². The van der Waals surface area contributed by atoms with Crippen LogP contribution in [0.25, 0.3) is 0 Å². The zero-order chi connectivity index (χ0) is 11.0. The fourth-order valence-corrected chi connectivity index (χ4v) is 2.80. The molecule has 1 saturated carbocycles. The predicted molar refractivity (Wildman–Crippen MR) is 57.8 cm³/mol. The average Bonchev–Trinajstić information content (AvgIpc) is 2.95. The van der Waals surface area contributed by atoms with Gasteiger partial charge in [-0.1, -0.05) is 12.8 Å². The highest BCUT2D eigenvalue weighted by Gasteiger charge is 2.26. The van der Waals surface area contributed by atoms with Crippen molar-refractivity contribution in [2.75, 3.05) is 6.61 Å². The molecule has 2 heterocycles. The minimum atomic E-state index is 0.522. The number of nitriles is 1. The Hall–Kier alpha value is -1.34. The van der Waals surface area contributed by atoms with Gasteiger partial charge in [0.2, 0.25) is 0 Å². The largest absolute Gasteiger partial charge is 0.376 e. The number of ether oxygens (including phenoxy) is 1. The van der Waals surface area contributed by atoms with Gasteiger partial charge in [0.1, 0.15) is 6.07 Å². The van der Waals surface area contributed by atoms with E-state index in [0.717, 1.165) is 18.6 Å². The van der Waals surface area contributed by atoms with Gasteiger partial charge in [0.05, 0.1) is 19.3 Å². The maximum atomic E-state index is 9.07. The summed E-state index contributed by atoms with van der Waals surface area (Å²) in [5.41, 5.74) is 2.84. The van der Waals surface area contributed by atoms with Crippen molar-refractivity contribution in [2.45, 2.75) is 44.8 Å². The molecule has 1 aliphatic carbocycles. The molecule has 1 aliphatic heterocycles. The van der Waals surface area contributed by atoms with Crippen molar-refractivity contribution in [3.05, 3.63) is 17.0 Å². The second-order valence-electron chi connectivity index (χ2n) is 4.57. The van der Waals surface area contributed by atoms with Gasteiger partial charge >= 0.3 is 0 Å². The van der Waals surface area contributed by atoms with Crippen LogP contribution in [0.4, 0.5) is 0 Å². The summed E-state index contributed by atoms with van der Waals surface area (Å²) in [5.74, 6) is 0. The molecular weight excluding hydrogens is 202 g/mol. The molecule has 0 bridgehead atoms. The highest BCUT2D eigenvalue weighted by atomic mass is 16.5. The summed E-state index contributed by atoms with van der Waals surface area (Å²) in [4.78, 5) is 0. The first-order valence-electron chi connectivity index (χ1n) is 5.98. The van der Waals surface area contributed by atoms with E-state index in [1.165, 1.54) is 31.4 Å². The summed E-state index contributed by atoms with van der Waals surface area (Å²) >= 11 is 0. The number of fused-ring (bicyclic) bond motifs is 1. The molecule has 1 aromatic heterocycles. The smallest absolute Gasteiger partial charge is 0.168 e. The molecule has 3 rings (SSSR count). The minimum absolute atomic E-state index is 0.522. The van der Waals surface area contributed by atoms with Gasteiger partial charge < -0.3 is 4.74 Å². The monoisotopic (exact) mass is 217 g/mol. The maximum absolute atomic E-state index is 9.07. The molecule has 0 aromatic carbocycles. The van der Waals surface area contributed by atoms with Gasteiger partial charge in [-0.05, 0) is 12.8 Å². The molecule has 1 aromatic rings. The van der Waals surface area contributed by atoms with Gasteiger partial charge in [-0.2, -0.15) is 10.4 Å². The standard InChI is InChI=1S/C12H15N3O/c13-7-11-10-8-16-6-5-12(10)15(14-11)9-3-1-2-4-9/h9H,1-6,8H2. The second-order valence-corrected chi connectivity index (χ2v) is 4.57. The molecule has 4 nitrogen and oxygen atoms in total. The molecule has 0 amide bonds. The van der Waals surface area contributed by atoms with Gasteiger partial charge in [0.25, 0.3) is 0 Å². The number of aromatic nitrogens is 2. The topological polar surface area (TPSA) is 50.8 Å². The van der Waals surface area contributed by atoms with Crippen LogP contribution in [0.15, 0.2) is 0 Å². The van der Waals surface area contributed by atoms with Crippen molar-refractivity contribution in [1.82, 2.24) is 9.78 Å². The quantitative estimate of drug-likeness (QED) is 0.722. The van der Waals surface area contributed by atoms with Gasteiger partial charge in [-0.3, -0.25) is 4.68 Å². The number of nitrogens with zero attached hydrogens (tertiary/aromatic N) is 3. The Bertz CT molecular complexity index is 438. The Kier molecular flexibility index (Phi) is 2.41. The van der Waals surface area contributed by atoms with Crippen LogP contribution in [0.5, 0.6) is 0 Å². The fourth-order valence-electron chi connectivity index (χ4n) is 2.80.